The van der Waals surface area contributed by atoms with Crippen molar-refractivity contribution in [2.45, 2.75) is 39.1 Å². The molecule has 0 saturated carbocycles. The number of nitrogens with zero attached hydrogens (tertiary/aromatic N) is 2. The minimum absolute atomic E-state index is 0.113. The number of amides is 1. The van der Waals surface area contributed by atoms with Crippen molar-refractivity contribution < 1.29 is 13.2 Å². The summed E-state index contributed by atoms with van der Waals surface area (Å²) in [4.78, 5) is 14.5. The van der Waals surface area contributed by atoms with Crippen LogP contribution in [0.4, 0.5) is 5.69 Å². The minimum Gasteiger partial charge on any atom is -0.340 e. The summed E-state index contributed by atoms with van der Waals surface area (Å²) in [6.07, 6.45) is 1.55. The molecule has 6 nitrogen and oxygen atoms in total. The van der Waals surface area contributed by atoms with Crippen molar-refractivity contribution >= 4 is 21.6 Å². The maximum Gasteiger partial charge on any atom is 0.270 e. The molecule has 1 aromatic carbocycles. The quantitative estimate of drug-likeness (QED) is 0.873. The Bertz CT molecular complexity index is 945. The number of hydrogen-bond donors (Lipinski definition) is 1. The lowest BCUT2D eigenvalue weighted by molar-refractivity contribution is 0.0683. The van der Waals surface area contributed by atoms with Gasteiger partial charge >= 0.3 is 0 Å². The third kappa shape index (κ3) is 3.62. The number of rotatable bonds is 5. The van der Waals surface area contributed by atoms with Gasteiger partial charge in [-0.3, -0.25) is 9.52 Å². The van der Waals surface area contributed by atoms with Crippen LogP contribution >= 0.6 is 0 Å². The number of nitrogens with one attached hydrogen (secondary N) is 1. The molecule has 0 spiro atoms. The molecule has 26 heavy (non-hydrogen) atoms. The number of aromatic nitrogens is 1. The topological polar surface area (TPSA) is 71.4 Å². The van der Waals surface area contributed by atoms with Crippen molar-refractivity contribution in [3.63, 3.8) is 0 Å². The first-order chi connectivity index (χ1) is 12.2. The highest BCUT2D eigenvalue weighted by atomic mass is 32.2. The third-order valence-electron chi connectivity index (χ3n) is 4.51. The van der Waals surface area contributed by atoms with E-state index in [1.54, 1.807) is 21.7 Å². The Kier molecular flexibility index (Phi) is 4.84. The highest BCUT2D eigenvalue weighted by Gasteiger charge is 2.28. The standard InChI is InChI=1S/C19H25N3O3S/c1-13(2)11-22-8-7-21-12-16(10-18(21)19(22)23)26(24,25)20-17-6-5-14(3)9-15(17)4/h5-6,9-10,12-13,20H,7-8,11H2,1-4H3. The van der Waals surface area contributed by atoms with E-state index in [0.29, 0.717) is 36.9 Å². The summed E-state index contributed by atoms with van der Waals surface area (Å²) in [5, 5.41) is 0. The van der Waals surface area contributed by atoms with E-state index >= 15 is 0 Å². The van der Waals surface area contributed by atoms with Gasteiger partial charge in [-0.2, -0.15) is 0 Å². The van der Waals surface area contributed by atoms with Crippen LogP contribution in [-0.2, 0) is 16.6 Å². The van der Waals surface area contributed by atoms with Crippen LogP contribution in [0.1, 0.15) is 35.5 Å². The van der Waals surface area contributed by atoms with E-state index in [-0.39, 0.29) is 10.8 Å². The molecule has 2 heterocycles. The van der Waals surface area contributed by atoms with Crippen molar-refractivity contribution in [2.75, 3.05) is 17.8 Å². The van der Waals surface area contributed by atoms with Crippen LogP contribution in [0.15, 0.2) is 35.4 Å². The zero-order valence-electron chi connectivity index (χ0n) is 15.6. The van der Waals surface area contributed by atoms with Gasteiger partial charge in [-0.25, -0.2) is 8.42 Å². The van der Waals surface area contributed by atoms with Gasteiger partial charge in [0.1, 0.15) is 10.6 Å². The Labute approximate surface area is 154 Å². The molecule has 1 aliphatic rings. The number of benzene rings is 1. The van der Waals surface area contributed by atoms with E-state index in [2.05, 4.69) is 18.6 Å². The van der Waals surface area contributed by atoms with Crippen LogP contribution in [-0.4, -0.2) is 36.9 Å². The second-order valence-corrected chi connectivity index (χ2v) is 9.01. The predicted octanol–water partition coefficient (Wildman–Crippen LogP) is 3.02. The molecule has 1 aromatic heterocycles. The number of carbonyl (C=O) groups is 1. The summed E-state index contributed by atoms with van der Waals surface area (Å²) in [6.45, 7) is 9.82. The van der Waals surface area contributed by atoms with Gasteiger partial charge in [-0.1, -0.05) is 31.5 Å². The third-order valence-corrected chi connectivity index (χ3v) is 5.84. The fourth-order valence-corrected chi connectivity index (χ4v) is 4.40. The van der Waals surface area contributed by atoms with Gasteiger partial charge in [0.15, 0.2) is 0 Å². The van der Waals surface area contributed by atoms with Crippen LogP contribution in [0.5, 0.6) is 0 Å². The van der Waals surface area contributed by atoms with Crippen molar-refractivity contribution in [1.82, 2.24) is 9.47 Å². The zero-order chi connectivity index (χ0) is 19.1. The SMILES string of the molecule is Cc1ccc(NS(=O)(=O)c2cc3n(c2)CCN(CC(C)C)C3=O)c(C)c1. The maximum atomic E-state index is 12.8. The second-order valence-electron chi connectivity index (χ2n) is 7.32. The summed E-state index contributed by atoms with van der Waals surface area (Å²) < 4.78 is 29.9. The first-order valence-electron chi connectivity index (χ1n) is 8.77. The molecule has 0 fully saturated rings. The van der Waals surface area contributed by atoms with E-state index in [9.17, 15) is 13.2 Å². The lowest BCUT2D eigenvalue weighted by Crippen LogP contribution is -2.41. The van der Waals surface area contributed by atoms with Crippen molar-refractivity contribution in [2.24, 2.45) is 5.92 Å². The molecule has 0 radical (unpaired) electrons. The van der Waals surface area contributed by atoms with Crippen LogP contribution in [0, 0.1) is 19.8 Å². The van der Waals surface area contributed by atoms with Gasteiger partial charge < -0.3 is 9.47 Å². The molecule has 1 aliphatic heterocycles. The first-order valence-corrected chi connectivity index (χ1v) is 10.2. The Morgan fingerprint density at radius 3 is 2.54 bits per heavy atom. The molecule has 2 aromatic rings. The average molecular weight is 375 g/mol. The summed E-state index contributed by atoms with van der Waals surface area (Å²) >= 11 is 0. The number of carbonyl (C=O) groups excluding carboxylic acids is 1. The molecule has 0 unspecified atom stereocenters. The highest BCUT2D eigenvalue weighted by molar-refractivity contribution is 7.92. The summed E-state index contributed by atoms with van der Waals surface area (Å²) in [5.41, 5.74) is 2.91. The maximum absolute atomic E-state index is 12.8. The van der Waals surface area contributed by atoms with Gasteiger partial charge in [0, 0.05) is 25.8 Å². The molecule has 0 bridgehead atoms. The number of aryl methyl sites for hydroxylation is 2. The highest BCUT2D eigenvalue weighted by Crippen LogP contribution is 2.24. The first kappa shape index (κ1) is 18.5. The van der Waals surface area contributed by atoms with Crippen LogP contribution in [0.25, 0.3) is 0 Å². The fourth-order valence-electron chi connectivity index (χ4n) is 3.23. The van der Waals surface area contributed by atoms with E-state index in [1.807, 2.05) is 26.0 Å². The second kappa shape index (κ2) is 6.79. The summed E-state index contributed by atoms with van der Waals surface area (Å²) in [7, 11) is -3.75. The molecule has 1 N–H and O–H groups in total. The average Bonchev–Trinajstić information content (AvgIpc) is 2.98. The molecule has 140 valence electrons. The number of fused-ring (bicyclic) bond motifs is 1. The molecule has 3 rings (SSSR count). The number of sulfonamides is 1. The van der Waals surface area contributed by atoms with Gasteiger partial charge in [0.25, 0.3) is 15.9 Å². The molecular formula is C19H25N3O3S. The van der Waals surface area contributed by atoms with Gasteiger partial charge in [0.2, 0.25) is 0 Å². The zero-order valence-corrected chi connectivity index (χ0v) is 16.4. The van der Waals surface area contributed by atoms with E-state index < -0.39 is 10.0 Å². The molecule has 7 heteroatoms. The minimum atomic E-state index is -3.75. The normalized spacial score (nSPS) is 14.7. The van der Waals surface area contributed by atoms with Crippen LogP contribution in [0.3, 0.4) is 0 Å². The Balaban J connectivity index is 1.88. The Morgan fingerprint density at radius 2 is 1.88 bits per heavy atom. The van der Waals surface area contributed by atoms with E-state index in [1.165, 1.54) is 6.07 Å². The van der Waals surface area contributed by atoms with Crippen LogP contribution < -0.4 is 4.72 Å². The summed E-state index contributed by atoms with van der Waals surface area (Å²) in [6, 6.07) is 7.02. The van der Waals surface area contributed by atoms with Crippen molar-refractivity contribution in [1.29, 1.82) is 0 Å². The van der Waals surface area contributed by atoms with Gasteiger partial charge in [-0.05, 0) is 37.5 Å². The summed E-state index contributed by atoms with van der Waals surface area (Å²) in [5.74, 6) is 0.257. The fraction of sp³-hybridized carbons (Fsp3) is 0.421. The van der Waals surface area contributed by atoms with Crippen molar-refractivity contribution in [3.05, 3.63) is 47.3 Å². The molecule has 0 atom stereocenters. The number of anilines is 1. The molecule has 0 saturated heterocycles. The lowest BCUT2D eigenvalue weighted by Gasteiger charge is -2.29. The monoisotopic (exact) mass is 375 g/mol. The van der Waals surface area contributed by atoms with Gasteiger partial charge in [-0.15, -0.1) is 0 Å². The van der Waals surface area contributed by atoms with E-state index in [4.69, 9.17) is 0 Å². The molecule has 1 amide bonds. The van der Waals surface area contributed by atoms with Crippen LogP contribution in [0.2, 0.25) is 0 Å². The van der Waals surface area contributed by atoms with E-state index in [0.717, 1.165) is 11.1 Å². The largest absolute Gasteiger partial charge is 0.340 e. The number of hydrogen-bond acceptors (Lipinski definition) is 3. The molecular weight excluding hydrogens is 350 g/mol. The predicted molar refractivity (Wildman–Crippen MR) is 102 cm³/mol. The lowest BCUT2D eigenvalue weighted by atomic mass is 10.1. The smallest absolute Gasteiger partial charge is 0.270 e. The molecule has 0 aliphatic carbocycles. The Hall–Kier alpha value is -2.28. The van der Waals surface area contributed by atoms with Gasteiger partial charge in [0.05, 0.1) is 5.69 Å². The Morgan fingerprint density at radius 1 is 1.15 bits per heavy atom. The van der Waals surface area contributed by atoms with Crippen molar-refractivity contribution in [3.8, 4) is 0 Å².